The molecule has 7 nitrogen and oxygen atoms in total. The van der Waals surface area contributed by atoms with Crippen LogP contribution in [-0.4, -0.2) is 39.5 Å². The number of hydrogen-bond donors (Lipinski definition) is 0. The molecule has 3 aromatic rings. The van der Waals surface area contributed by atoms with Crippen molar-refractivity contribution >= 4 is 17.6 Å². The molecule has 7 heteroatoms. The fourth-order valence-electron chi connectivity index (χ4n) is 3.68. The number of benzene rings is 3. The predicted octanol–water partition coefficient (Wildman–Crippen LogP) is 4.90. The van der Waals surface area contributed by atoms with Gasteiger partial charge in [0.05, 0.1) is 26.9 Å². The lowest BCUT2D eigenvalue weighted by Crippen LogP contribution is -2.12. The van der Waals surface area contributed by atoms with Gasteiger partial charge >= 0.3 is 0 Å². The smallest absolute Gasteiger partial charge is 0.231 e. The van der Waals surface area contributed by atoms with Gasteiger partial charge in [-0.15, -0.1) is 0 Å². The Balaban J connectivity index is 1.59. The van der Waals surface area contributed by atoms with Crippen LogP contribution >= 0.6 is 0 Å². The monoisotopic (exact) mass is 460 g/mol. The summed E-state index contributed by atoms with van der Waals surface area (Å²) in [6.07, 6.45) is 1.60. The maximum atomic E-state index is 13.0. The molecule has 0 N–H and O–H groups in total. The minimum Gasteiger partial charge on any atom is -0.496 e. The van der Waals surface area contributed by atoms with E-state index in [0.29, 0.717) is 51.0 Å². The van der Waals surface area contributed by atoms with Gasteiger partial charge in [0.15, 0.2) is 29.6 Å². The molecule has 0 fully saturated rings. The third kappa shape index (κ3) is 4.32. The average molecular weight is 460 g/mol. The molecular weight excluding hydrogens is 436 g/mol. The van der Waals surface area contributed by atoms with Crippen molar-refractivity contribution in [3.05, 3.63) is 82.6 Å². The summed E-state index contributed by atoms with van der Waals surface area (Å²) in [5.41, 5.74) is 2.22. The molecule has 0 radical (unpaired) electrons. The molecule has 1 aliphatic heterocycles. The Kier molecular flexibility index (Phi) is 6.54. The Labute approximate surface area is 197 Å². The van der Waals surface area contributed by atoms with E-state index in [-0.39, 0.29) is 23.9 Å². The Bertz CT molecular complexity index is 1280. The van der Waals surface area contributed by atoms with Crippen molar-refractivity contribution in [3.8, 4) is 28.7 Å². The van der Waals surface area contributed by atoms with Crippen molar-refractivity contribution in [2.45, 2.75) is 6.92 Å². The van der Waals surface area contributed by atoms with E-state index >= 15 is 0 Å². The zero-order valence-corrected chi connectivity index (χ0v) is 19.3. The van der Waals surface area contributed by atoms with Crippen LogP contribution in [0.4, 0.5) is 0 Å². The van der Waals surface area contributed by atoms with Gasteiger partial charge in [0.2, 0.25) is 5.78 Å². The molecule has 174 valence electrons. The van der Waals surface area contributed by atoms with E-state index in [0.717, 1.165) is 0 Å². The predicted molar refractivity (Wildman–Crippen MR) is 126 cm³/mol. The van der Waals surface area contributed by atoms with Gasteiger partial charge in [0.1, 0.15) is 17.2 Å². The van der Waals surface area contributed by atoms with Crippen LogP contribution < -0.4 is 23.7 Å². The largest absolute Gasteiger partial charge is 0.496 e. The van der Waals surface area contributed by atoms with Crippen molar-refractivity contribution in [1.29, 1.82) is 0 Å². The third-order valence-electron chi connectivity index (χ3n) is 5.51. The van der Waals surface area contributed by atoms with E-state index in [1.165, 1.54) is 21.3 Å². The first-order chi connectivity index (χ1) is 16.5. The number of Topliss-reactive ketones (excluding diaryl/α,β-unsaturated/α-hetero) is 2. The normalized spacial score (nSPS) is 13.3. The highest BCUT2D eigenvalue weighted by molar-refractivity contribution is 6.15. The second-order valence-electron chi connectivity index (χ2n) is 7.53. The fraction of sp³-hybridized carbons (Fsp3) is 0.185. The highest BCUT2D eigenvalue weighted by Crippen LogP contribution is 2.41. The Morgan fingerprint density at radius 3 is 2.24 bits per heavy atom. The van der Waals surface area contributed by atoms with Gasteiger partial charge < -0.3 is 23.7 Å². The van der Waals surface area contributed by atoms with Crippen molar-refractivity contribution in [2.75, 3.05) is 27.9 Å². The summed E-state index contributed by atoms with van der Waals surface area (Å²) in [6, 6.07) is 15.6. The molecule has 3 aromatic carbocycles. The molecule has 0 saturated carbocycles. The van der Waals surface area contributed by atoms with Crippen molar-refractivity contribution in [3.63, 3.8) is 0 Å². The molecule has 34 heavy (non-hydrogen) atoms. The topological polar surface area (TPSA) is 80.3 Å². The Hall–Kier alpha value is -4.26. The van der Waals surface area contributed by atoms with Crippen LogP contribution in [0, 0.1) is 6.92 Å². The van der Waals surface area contributed by atoms with Crippen LogP contribution in [0.2, 0.25) is 0 Å². The van der Waals surface area contributed by atoms with Gasteiger partial charge in [-0.1, -0.05) is 30.3 Å². The second kappa shape index (κ2) is 9.70. The highest BCUT2D eigenvalue weighted by Gasteiger charge is 2.30. The first-order valence-corrected chi connectivity index (χ1v) is 10.6. The summed E-state index contributed by atoms with van der Waals surface area (Å²) in [6.45, 7) is 1.66. The molecule has 0 aliphatic carbocycles. The highest BCUT2D eigenvalue weighted by atomic mass is 16.5. The summed E-state index contributed by atoms with van der Waals surface area (Å²) >= 11 is 0. The third-order valence-corrected chi connectivity index (χ3v) is 5.51. The number of ether oxygens (including phenoxy) is 5. The molecule has 0 atom stereocenters. The Morgan fingerprint density at radius 2 is 1.56 bits per heavy atom. The van der Waals surface area contributed by atoms with Gasteiger partial charge in [-0.25, -0.2) is 0 Å². The van der Waals surface area contributed by atoms with Crippen molar-refractivity contribution < 1.29 is 33.3 Å². The number of rotatable bonds is 8. The van der Waals surface area contributed by atoms with E-state index in [1.807, 2.05) is 6.07 Å². The van der Waals surface area contributed by atoms with Crippen molar-refractivity contribution in [2.24, 2.45) is 0 Å². The number of carbonyl (C=O) groups excluding carboxylic acids is 2. The van der Waals surface area contributed by atoms with Crippen LogP contribution in [0.15, 0.2) is 60.4 Å². The lowest BCUT2D eigenvalue weighted by molar-refractivity contribution is 0.0920. The Morgan fingerprint density at radius 1 is 0.882 bits per heavy atom. The summed E-state index contributed by atoms with van der Waals surface area (Å²) in [7, 11) is 4.59. The van der Waals surface area contributed by atoms with Gasteiger partial charge in [-0.2, -0.15) is 0 Å². The standard InChI is InChI=1S/C27H24O7/c1-16-21(33-15-20(28)17-8-6-5-7-9-17)11-10-19-26(29)25(34-27(16)19)13-18-12-23(31-3)24(32-4)14-22(18)30-2/h5-14H,15H2,1-4H3/b25-13-. The maximum absolute atomic E-state index is 13.0. The number of ketones is 2. The molecular formula is C27H24O7. The minimum absolute atomic E-state index is 0.122. The van der Waals surface area contributed by atoms with Crippen LogP contribution in [0.1, 0.15) is 31.8 Å². The van der Waals surface area contributed by atoms with E-state index in [2.05, 4.69) is 0 Å². The summed E-state index contributed by atoms with van der Waals surface area (Å²) in [4.78, 5) is 25.4. The number of methoxy groups -OCH3 is 3. The molecule has 1 heterocycles. The number of carbonyl (C=O) groups is 2. The quantitative estimate of drug-likeness (QED) is 0.349. The van der Waals surface area contributed by atoms with Crippen LogP contribution in [0.5, 0.6) is 28.7 Å². The van der Waals surface area contributed by atoms with Gasteiger partial charge in [0.25, 0.3) is 0 Å². The second-order valence-corrected chi connectivity index (χ2v) is 7.53. The van der Waals surface area contributed by atoms with E-state index in [4.69, 9.17) is 23.7 Å². The van der Waals surface area contributed by atoms with Gasteiger partial charge in [-0.3, -0.25) is 9.59 Å². The fourth-order valence-corrected chi connectivity index (χ4v) is 3.68. The molecule has 0 saturated heterocycles. The zero-order valence-electron chi connectivity index (χ0n) is 19.3. The van der Waals surface area contributed by atoms with Crippen LogP contribution in [-0.2, 0) is 0 Å². The van der Waals surface area contributed by atoms with E-state index in [1.54, 1.807) is 61.5 Å². The number of hydrogen-bond acceptors (Lipinski definition) is 7. The lowest BCUT2D eigenvalue weighted by Gasteiger charge is -2.12. The summed E-state index contributed by atoms with van der Waals surface area (Å²) in [5, 5.41) is 0. The lowest BCUT2D eigenvalue weighted by atomic mass is 10.1. The van der Waals surface area contributed by atoms with Gasteiger partial charge in [-0.05, 0) is 31.2 Å². The molecule has 0 unspecified atom stereocenters. The minimum atomic E-state index is -0.262. The van der Waals surface area contributed by atoms with Gasteiger partial charge in [0, 0.05) is 22.8 Å². The molecule has 4 rings (SSSR count). The maximum Gasteiger partial charge on any atom is 0.231 e. The van der Waals surface area contributed by atoms with E-state index < -0.39 is 0 Å². The zero-order chi connectivity index (χ0) is 24.2. The average Bonchev–Trinajstić information content (AvgIpc) is 3.19. The van der Waals surface area contributed by atoms with Crippen LogP contribution in [0.25, 0.3) is 6.08 Å². The summed E-state index contributed by atoms with van der Waals surface area (Å²) < 4.78 is 27.8. The van der Waals surface area contributed by atoms with Crippen LogP contribution in [0.3, 0.4) is 0 Å². The first kappa shape index (κ1) is 22.9. The number of allylic oxidation sites excluding steroid dienone is 1. The molecule has 0 spiro atoms. The summed E-state index contributed by atoms with van der Waals surface area (Å²) in [5.74, 6) is 2.11. The first-order valence-electron chi connectivity index (χ1n) is 10.6. The molecule has 1 aliphatic rings. The molecule has 0 aromatic heterocycles. The van der Waals surface area contributed by atoms with E-state index in [9.17, 15) is 9.59 Å². The molecule has 0 amide bonds. The molecule has 0 bridgehead atoms. The SMILES string of the molecule is COc1cc(OC)c(OC)cc1/C=C1\Oc2c(ccc(OCC(=O)c3ccccc3)c2C)C1=O. The van der Waals surface area contributed by atoms with Crippen molar-refractivity contribution in [1.82, 2.24) is 0 Å². The number of fused-ring (bicyclic) bond motifs is 1.